The standard InChI is InChI=1S/C10H15NO/c1-7-9(12)6-8(4-5-11)10(7,2)3/h7-8H,4,6H2,1-3H3. The van der Waals surface area contributed by atoms with Crippen LogP contribution in [-0.2, 0) is 4.79 Å². The molecular weight excluding hydrogens is 150 g/mol. The summed E-state index contributed by atoms with van der Waals surface area (Å²) in [6.07, 6.45) is 1.12. The topological polar surface area (TPSA) is 40.9 Å². The van der Waals surface area contributed by atoms with Crippen LogP contribution in [0.3, 0.4) is 0 Å². The van der Waals surface area contributed by atoms with Crippen molar-refractivity contribution in [3.63, 3.8) is 0 Å². The molecule has 0 aromatic rings. The smallest absolute Gasteiger partial charge is 0.136 e. The number of rotatable bonds is 1. The Morgan fingerprint density at radius 2 is 2.25 bits per heavy atom. The fourth-order valence-electron chi connectivity index (χ4n) is 1.90. The fourth-order valence-corrected chi connectivity index (χ4v) is 1.90. The Labute approximate surface area is 73.6 Å². The molecule has 1 fully saturated rings. The molecule has 0 bridgehead atoms. The molecule has 0 radical (unpaired) electrons. The molecule has 1 aliphatic carbocycles. The average molecular weight is 165 g/mol. The van der Waals surface area contributed by atoms with Gasteiger partial charge in [0.05, 0.1) is 6.07 Å². The van der Waals surface area contributed by atoms with Crippen LogP contribution in [0.25, 0.3) is 0 Å². The summed E-state index contributed by atoms with van der Waals surface area (Å²) in [5.41, 5.74) is 0.0206. The molecule has 0 aromatic heterocycles. The normalized spacial score (nSPS) is 33.3. The third-order valence-corrected chi connectivity index (χ3v) is 3.44. The maximum absolute atomic E-state index is 11.4. The molecule has 0 heterocycles. The third kappa shape index (κ3) is 1.24. The largest absolute Gasteiger partial charge is 0.299 e. The molecule has 1 saturated carbocycles. The molecular formula is C10H15NO. The van der Waals surface area contributed by atoms with Crippen LogP contribution in [0, 0.1) is 28.6 Å². The second-order valence-corrected chi connectivity index (χ2v) is 4.27. The Bertz CT molecular complexity index is 237. The van der Waals surface area contributed by atoms with Gasteiger partial charge in [0.1, 0.15) is 5.78 Å². The molecule has 1 rings (SSSR count). The number of nitriles is 1. The number of hydrogen-bond acceptors (Lipinski definition) is 2. The van der Waals surface area contributed by atoms with E-state index in [-0.39, 0.29) is 17.3 Å². The van der Waals surface area contributed by atoms with Gasteiger partial charge in [-0.2, -0.15) is 5.26 Å². The van der Waals surface area contributed by atoms with Crippen LogP contribution in [0.2, 0.25) is 0 Å². The number of carbonyl (C=O) groups excluding carboxylic acids is 1. The molecule has 1 aliphatic rings. The van der Waals surface area contributed by atoms with Crippen molar-refractivity contribution in [3.05, 3.63) is 0 Å². The minimum absolute atomic E-state index is 0.0206. The molecule has 2 heteroatoms. The van der Waals surface area contributed by atoms with Gasteiger partial charge in [-0.1, -0.05) is 20.8 Å². The Morgan fingerprint density at radius 1 is 1.67 bits per heavy atom. The van der Waals surface area contributed by atoms with Crippen molar-refractivity contribution in [2.45, 2.75) is 33.6 Å². The van der Waals surface area contributed by atoms with E-state index in [1.165, 1.54) is 0 Å². The van der Waals surface area contributed by atoms with E-state index in [2.05, 4.69) is 19.9 Å². The summed E-state index contributed by atoms with van der Waals surface area (Å²) < 4.78 is 0. The highest BCUT2D eigenvalue weighted by Gasteiger charge is 2.45. The summed E-state index contributed by atoms with van der Waals surface area (Å²) >= 11 is 0. The minimum Gasteiger partial charge on any atom is -0.299 e. The number of carbonyl (C=O) groups is 1. The monoisotopic (exact) mass is 165 g/mol. The van der Waals surface area contributed by atoms with Crippen molar-refractivity contribution in [3.8, 4) is 6.07 Å². The van der Waals surface area contributed by atoms with Gasteiger partial charge in [0.2, 0.25) is 0 Å². The van der Waals surface area contributed by atoms with Crippen molar-refractivity contribution in [2.75, 3.05) is 0 Å². The zero-order valence-electron chi connectivity index (χ0n) is 7.92. The van der Waals surface area contributed by atoms with Crippen molar-refractivity contribution in [1.29, 1.82) is 5.26 Å². The first-order valence-corrected chi connectivity index (χ1v) is 4.39. The van der Waals surface area contributed by atoms with Gasteiger partial charge in [0, 0.05) is 18.8 Å². The molecule has 0 amide bonds. The quantitative estimate of drug-likeness (QED) is 0.597. The second kappa shape index (κ2) is 2.90. The van der Waals surface area contributed by atoms with Gasteiger partial charge in [0.25, 0.3) is 0 Å². The molecule has 2 atom stereocenters. The SMILES string of the molecule is CC1C(=O)CC(CC#N)C1(C)C. The number of ketones is 1. The third-order valence-electron chi connectivity index (χ3n) is 3.44. The summed E-state index contributed by atoms with van der Waals surface area (Å²) in [7, 11) is 0. The van der Waals surface area contributed by atoms with Crippen LogP contribution < -0.4 is 0 Å². The van der Waals surface area contributed by atoms with Gasteiger partial charge >= 0.3 is 0 Å². The van der Waals surface area contributed by atoms with Crippen LogP contribution in [0.5, 0.6) is 0 Å². The van der Waals surface area contributed by atoms with E-state index in [0.29, 0.717) is 18.6 Å². The first-order valence-electron chi connectivity index (χ1n) is 4.39. The average Bonchev–Trinajstić information content (AvgIpc) is 2.17. The number of nitrogens with zero attached hydrogens (tertiary/aromatic N) is 1. The highest BCUT2D eigenvalue weighted by atomic mass is 16.1. The fraction of sp³-hybridized carbons (Fsp3) is 0.800. The van der Waals surface area contributed by atoms with Crippen molar-refractivity contribution >= 4 is 5.78 Å². The summed E-state index contributed by atoms with van der Waals surface area (Å²) in [4.78, 5) is 11.4. The molecule has 0 spiro atoms. The second-order valence-electron chi connectivity index (χ2n) is 4.27. The highest BCUT2D eigenvalue weighted by molar-refractivity contribution is 5.84. The summed E-state index contributed by atoms with van der Waals surface area (Å²) in [5, 5.41) is 8.57. The van der Waals surface area contributed by atoms with E-state index in [0.717, 1.165) is 0 Å². The molecule has 2 unspecified atom stereocenters. The number of hydrogen-bond donors (Lipinski definition) is 0. The number of Topliss-reactive ketones (excluding diaryl/α,β-unsaturated/α-hetero) is 1. The summed E-state index contributed by atoms with van der Waals surface area (Å²) in [6.45, 7) is 6.15. The van der Waals surface area contributed by atoms with Crippen molar-refractivity contribution in [1.82, 2.24) is 0 Å². The van der Waals surface area contributed by atoms with Crippen molar-refractivity contribution < 1.29 is 4.79 Å². The lowest BCUT2D eigenvalue weighted by molar-refractivity contribution is -0.121. The van der Waals surface area contributed by atoms with E-state index in [1.807, 2.05) is 6.92 Å². The Hall–Kier alpha value is -0.840. The van der Waals surface area contributed by atoms with Gasteiger partial charge in [-0.3, -0.25) is 4.79 Å². The van der Waals surface area contributed by atoms with Crippen LogP contribution >= 0.6 is 0 Å². The molecule has 0 saturated heterocycles. The van der Waals surface area contributed by atoms with E-state index in [9.17, 15) is 4.79 Å². The van der Waals surface area contributed by atoms with Gasteiger partial charge in [0.15, 0.2) is 0 Å². The zero-order chi connectivity index (χ0) is 9.35. The minimum atomic E-state index is 0.0206. The van der Waals surface area contributed by atoms with E-state index in [1.54, 1.807) is 0 Å². The maximum atomic E-state index is 11.4. The lowest BCUT2D eigenvalue weighted by atomic mass is 9.75. The lowest BCUT2D eigenvalue weighted by Crippen LogP contribution is -2.24. The molecule has 0 aromatic carbocycles. The summed E-state index contributed by atoms with van der Waals surface area (Å²) in [5.74, 6) is 0.709. The van der Waals surface area contributed by atoms with Gasteiger partial charge in [-0.15, -0.1) is 0 Å². The van der Waals surface area contributed by atoms with Gasteiger partial charge in [-0.05, 0) is 11.3 Å². The lowest BCUT2D eigenvalue weighted by Gasteiger charge is -2.28. The first-order chi connectivity index (χ1) is 5.50. The molecule has 2 nitrogen and oxygen atoms in total. The maximum Gasteiger partial charge on any atom is 0.136 e. The van der Waals surface area contributed by atoms with Crippen LogP contribution in [-0.4, -0.2) is 5.78 Å². The predicted octanol–water partition coefficient (Wildman–Crippen LogP) is 2.15. The Kier molecular flexibility index (Phi) is 2.23. The highest BCUT2D eigenvalue weighted by Crippen LogP contribution is 2.46. The Morgan fingerprint density at radius 3 is 2.58 bits per heavy atom. The van der Waals surface area contributed by atoms with E-state index < -0.39 is 0 Å². The van der Waals surface area contributed by atoms with Gasteiger partial charge in [-0.25, -0.2) is 0 Å². The molecule has 12 heavy (non-hydrogen) atoms. The summed E-state index contributed by atoms with van der Waals surface area (Å²) in [6, 6.07) is 2.15. The van der Waals surface area contributed by atoms with Crippen LogP contribution in [0.15, 0.2) is 0 Å². The zero-order valence-corrected chi connectivity index (χ0v) is 7.92. The Balaban J connectivity index is 2.81. The van der Waals surface area contributed by atoms with E-state index >= 15 is 0 Å². The van der Waals surface area contributed by atoms with Crippen LogP contribution in [0.4, 0.5) is 0 Å². The first kappa shape index (κ1) is 9.25. The molecule has 0 aliphatic heterocycles. The van der Waals surface area contributed by atoms with Crippen LogP contribution in [0.1, 0.15) is 33.6 Å². The molecule has 66 valence electrons. The predicted molar refractivity (Wildman–Crippen MR) is 46.3 cm³/mol. The molecule has 0 N–H and O–H groups in total. The van der Waals surface area contributed by atoms with E-state index in [4.69, 9.17) is 5.26 Å². The van der Waals surface area contributed by atoms with Gasteiger partial charge < -0.3 is 0 Å². The van der Waals surface area contributed by atoms with Crippen molar-refractivity contribution in [2.24, 2.45) is 17.3 Å².